The van der Waals surface area contributed by atoms with Gasteiger partial charge in [0, 0.05) is 0 Å². The van der Waals surface area contributed by atoms with E-state index in [1.165, 1.54) is 89.0 Å². The van der Waals surface area contributed by atoms with Crippen LogP contribution < -0.4 is 0 Å². The molecular formula is C17H34. The van der Waals surface area contributed by atoms with Crippen LogP contribution in [-0.4, -0.2) is 0 Å². The molecule has 0 saturated heterocycles. The summed E-state index contributed by atoms with van der Waals surface area (Å²) >= 11 is 0. The van der Waals surface area contributed by atoms with E-state index in [9.17, 15) is 0 Å². The summed E-state index contributed by atoms with van der Waals surface area (Å²) in [6.45, 7) is 8.37. The number of rotatable bonds is 13. The topological polar surface area (TPSA) is 0 Å². The van der Waals surface area contributed by atoms with Gasteiger partial charge in [-0.25, -0.2) is 0 Å². The lowest BCUT2D eigenvalue weighted by Crippen LogP contribution is -1.83. The van der Waals surface area contributed by atoms with Gasteiger partial charge in [-0.2, -0.15) is 0 Å². The molecule has 0 spiro atoms. The van der Waals surface area contributed by atoms with E-state index in [2.05, 4.69) is 20.4 Å². The average molecular weight is 238 g/mol. The number of hydrogen-bond acceptors (Lipinski definition) is 0. The molecule has 0 heterocycles. The molecule has 0 heteroatoms. The van der Waals surface area contributed by atoms with Crippen LogP contribution >= 0.6 is 0 Å². The predicted octanol–water partition coefficient (Wildman–Crippen LogP) is 6.65. The second-order valence-corrected chi connectivity index (χ2v) is 5.60. The van der Waals surface area contributed by atoms with Crippen LogP contribution in [0, 0.1) is 0 Å². The van der Waals surface area contributed by atoms with Crippen molar-refractivity contribution in [3.8, 4) is 0 Å². The molecule has 0 rings (SSSR count). The van der Waals surface area contributed by atoms with E-state index in [0.29, 0.717) is 0 Å². The normalized spacial score (nSPS) is 10.7. The molecule has 0 aromatic rings. The minimum Gasteiger partial charge on any atom is -0.100 e. The summed E-state index contributed by atoms with van der Waals surface area (Å²) < 4.78 is 0. The van der Waals surface area contributed by atoms with Gasteiger partial charge in [0.05, 0.1) is 0 Å². The van der Waals surface area contributed by atoms with Crippen LogP contribution in [0.2, 0.25) is 0 Å². The quantitative estimate of drug-likeness (QED) is 0.249. The Labute approximate surface area is 110 Å². The van der Waals surface area contributed by atoms with Gasteiger partial charge in [-0.3, -0.25) is 0 Å². The summed E-state index contributed by atoms with van der Waals surface area (Å²) in [6.07, 6.45) is 18.5. The van der Waals surface area contributed by atoms with Gasteiger partial charge in [0.2, 0.25) is 0 Å². The Morgan fingerprint density at radius 3 is 1.35 bits per heavy atom. The Hall–Kier alpha value is -0.260. The maximum Gasteiger partial charge on any atom is -0.0326 e. The van der Waals surface area contributed by atoms with Crippen LogP contribution in [0.4, 0.5) is 0 Å². The van der Waals surface area contributed by atoms with Crippen LogP contribution in [0.25, 0.3) is 0 Å². The smallest absolute Gasteiger partial charge is 0.0326 e. The second-order valence-electron chi connectivity index (χ2n) is 5.60. The molecule has 0 aromatic carbocycles. The Morgan fingerprint density at radius 1 is 0.647 bits per heavy atom. The van der Waals surface area contributed by atoms with Gasteiger partial charge in [-0.1, -0.05) is 83.1 Å². The van der Waals surface area contributed by atoms with E-state index in [1.54, 1.807) is 0 Å². The first-order valence-corrected chi connectivity index (χ1v) is 7.91. The summed E-state index contributed by atoms with van der Waals surface area (Å²) in [6, 6.07) is 0. The lowest BCUT2D eigenvalue weighted by atomic mass is 10.0. The zero-order valence-electron chi connectivity index (χ0n) is 12.4. The lowest BCUT2D eigenvalue weighted by Gasteiger charge is -2.02. The summed E-state index contributed by atoms with van der Waals surface area (Å²) in [4.78, 5) is 0. The third-order valence-electron chi connectivity index (χ3n) is 3.46. The van der Waals surface area contributed by atoms with Gasteiger partial charge in [-0.05, 0) is 19.8 Å². The highest BCUT2D eigenvalue weighted by Gasteiger charge is 1.93. The molecule has 0 aliphatic rings. The molecule has 0 aliphatic carbocycles. The SMILES string of the molecule is C=C(C)CCCCCCCCCCCCCC. The summed E-state index contributed by atoms with van der Waals surface area (Å²) in [7, 11) is 0. The van der Waals surface area contributed by atoms with Crippen LogP contribution in [0.3, 0.4) is 0 Å². The van der Waals surface area contributed by atoms with Crippen molar-refractivity contribution in [1.29, 1.82) is 0 Å². The number of unbranched alkanes of at least 4 members (excludes halogenated alkanes) is 11. The van der Waals surface area contributed by atoms with Gasteiger partial charge in [0.1, 0.15) is 0 Å². The summed E-state index contributed by atoms with van der Waals surface area (Å²) in [5.41, 5.74) is 1.34. The van der Waals surface area contributed by atoms with E-state index >= 15 is 0 Å². The van der Waals surface area contributed by atoms with Gasteiger partial charge in [0.15, 0.2) is 0 Å². The monoisotopic (exact) mass is 238 g/mol. The second kappa shape index (κ2) is 13.8. The Balaban J connectivity index is 2.91. The zero-order chi connectivity index (χ0) is 12.8. The predicted molar refractivity (Wildman–Crippen MR) is 80.5 cm³/mol. The third kappa shape index (κ3) is 15.7. The lowest BCUT2D eigenvalue weighted by molar-refractivity contribution is 0.544. The molecule has 0 bridgehead atoms. The average Bonchev–Trinajstić information content (AvgIpc) is 2.30. The highest BCUT2D eigenvalue weighted by molar-refractivity contribution is 4.86. The molecular weight excluding hydrogens is 204 g/mol. The molecule has 0 amide bonds. The fourth-order valence-corrected chi connectivity index (χ4v) is 2.27. The summed E-state index contributed by atoms with van der Waals surface area (Å²) in [5.74, 6) is 0. The van der Waals surface area contributed by atoms with Gasteiger partial charge < -0.3 is 0 Å². The van der Waals surface area contributed by atoms with E-state index in [1.807, 2.05) is 0 Å². The van der Waals surface area contributed by atoms with Crippen molar-refractivity contribution in [2.75, 3.05) is 0 Å². The van der Waals surface area contributed by atoms with Crippen molar-refractivity contribution in [2.24, 2.45) is 0 Å². The van der Waals surface area contributed by atoms with Gasteiger partial charge in [0.25, 0.3) is 0 Å². The Morgan fingerprint density at radius 2 is 1.00 bits per heavy atom. The van der Waals surface area contributed by atoms with Crippen molar-refractivity contribution in [2.45, 2.75) is 97.3 Å². The molecule has 0 aromatic heterocycles. The number of allylic oxidation sites excluding steroid dienone is 1. The minimum absolute atomic E-state index is 1.23. The van der Waals surface area contributed by atoms with Gasteiger partial charge >= 0.3 is 0 Å². The van der Waals surface area contributed by atoms with Crippen molar-refractivity contribution >= 4 is 0 Å². The van der Waals surface area contributed by atoms with Gasteiger partial charge in [-0.15, -0.1) is 6.58 Å². The molecule has 0 N–H and O–H groups in total. The largest absolute Gasteiger partial charge is 0.100 e. The zero-order valence-corrected chi connectivity index (χ0v) is 12.4. The third-order valence-corrected chi connectivity index (χ3v) is 3.46. The summed E-state index contributed by atoms with van der Waals surface area (Å²) in [5, 5.41) is 0. The first-order valence-electron chi connectivity index (χ1n) is 7.91. The van der Waals surface area contributed by atoms with Crippen LogP contribution in [-0.2, 0) is 0 Å². The van der Waals surface area contributed by atoms with Crippen molar-refractivity contribution in [3.05, 3.63) is 12.2 Å². The molecule has 0 aliphatic heterocycles. The van der Waals surface area contributed by atoms with Crippen LogP contribution in [0.1, 0.15) is 97.3 Å². The molecule has 0 fully saturated rings. The molecule has 0 radical (unpaired) electrons. The van der Waals surface area contributed by atoms with Crippen molar-refractivity contribution < 1.29 is 0 Å². The molecule has 17 heavy (non-hydrogen) atoms. The maximum absolute atomic E-state index is 3.94. The molecule has 0 nitrogen and oxygen atoms in total. The maximum atomic E-state index is 3.94. The molecule has 0 unspecified atom stereocenters. The van der Waals surface area contributed by atoms with Crippen molar-refractivity contribution in [3.63, 3.8) is 0 Å². The van der Waals surface area contributed by atoms with E-state index < -0.39 is 0 Å². The fraction of sp³-hybridized carbons (Fsp3) is 0.882. The van der Waals surface area contributed by atoms with E-state index in [4.69, 9.17) is 0 Å². The Kier molecular flexibility index (Phi) is 13.6. The highest BCUT2D eigenvalue weighted by atomic mass is 14.0. The standard InChI is InChI=1S/C17H34/c1-4-5-6-7-8-9-10-11-12-13-14-15-16-17(2)3/h2,4-16H2,1,3H3. The molecule has 102 valence electrons. The molecule has 0 atom stereocenters. The minimum atomic E-state index is 1.23. The molecule has 0 saturated carbocycles. The Bertz CT molecular complexity index is 157. The fourth-order valence-electron chi connectivity index (χ4n) is 2.27. The first-order chi connectivity index (χ1) is 8.27. The first kappa shape index (κ1) is 16.7. The highest BCUT2D eigenvalue weighted by Crippen LogP contribution is 2.13. The van der Waals surface area contributed by atoms with Crippen LogP contribution in [0.5, 0.6) is 0 Å². The van der Waals surface area contributed by atoms with Crippen molar-refractivity contribution in [1.82, 2.24) is 0 Å². The van der Waals surface area contributed by atoms with E-state index in [0.717, 1.165) is 0 Å². The van der Waals surface area contributed by atoms with E-state index in [-0.39, 0.29) is 0 Å². The number of hydrogen-bond donors (Lipinski definition) is 0. The van der Waals surface area contributed by atoms with Crippen LogP contribution in [0.15, 0.2) is 12.2 Å².